The third kappa shape index (κ3) is 4.62. The summed E-state index contributed by atoms with van der Waals surface area (Å²) in [5.41, 5.74) is 2.40. The number of nitrogens with zero attached hydrogens (tertiary/aromatic N) is 3. The van der Waals surface area contributed by atoms with E-state index in [1.807, 2.05) is 12.3 Å². The van der Waals surface area contributed by atoms with Gasteiger partial charge in [0.1, 0.15) is 0 Å². The molecule has 0 radical (unpaired) electrons. The molecule has 0 aliphatic carbocycles. The summed E-state index contributed by atoms with van der Waals surface area (Å²) in [6.07, 6.45) is 4.35. The van der Waals surface area contributed by atoms with Crippen LogP contribution >= 0.6 is 11.8 Å². The number of hydrogen-bond acceptors (Lipinski definition) is 4. The third-order valence-electron chi connectivity index (χ3n) is 3.76. The van der Waals surface area contributed by atoms with Crippen LogP contribution in [0.5, 0.6) is 0 Å². The van der Waals surface area contributed by atoms with Crippen LogP contribution < -0.4 is 0 Å². The molecular weight excluding hydrogens is 342 g/mol. The van der Waals surface area contributed by atoms with Crippen LogP contribution in [-0.4, -0.2) is 47.9 Å². The lowest BCUT2D eigenvalue weighted by atomic mass is 10.0. The van der Waals surface area contributed by atoms with Crippen molar-refractivity contribution in [1.82, 2.24) is 13.9 Å². The van der Waals surface area contributed by atoms with Gasteiger partial charge in [-0.2, -0.15) is 0 Å². The lowest BCUT2D eigenvalue weighted by molar-refractivity contribution is 0.520. The molecular formula is C17H25N3O2S2. The molecule has 0 saturated carbocycles. The largest absolute Gasteiger partial charge is 0.295 e. The minimum absolute atomic E-state index is 0.163. The van der Waals surface area contributed by atoms with Crippen LogP contribution in [0.25, 0.3) is 5.69 Å². The summed E-state index contributed by atoms with van der Waals surface area (Å²) in [6.45, 7) is 4.35. The van der Waals surface area contributed by atoms with Gasteiger partial charge in [0.05, 0.1) is 11.4 Å². The van der Waals surface area contributed by atoms with Gasteiger partial charge in [0.15, 0.2) is 5.16 Å². The van der Waals surface area contributed by atoms with E-state index in [-0.39, 0.29) is 5.75 Å². The van der Waals surface area contributed by atoms with Crippen molar-refractivity contribution < 1.29 is 8.42 Å². The Hall–Kier alpha value is -1.31. The molecule has 0 amide bonds. The van der Waals surface area contributed by atoms with Crippen molar-refractivity contribution >= 4 is 21.8 Å². The maximum absolute atomic E-state index is 11.8. The maximum atomic E-state index is 11.8. The van der Waals surface area contributed by atoms with E-state index in [1.165, 1.54) is 9.87 Å². The van der Waals surface area contributed by atoms with Crippen LogP contribution in [0.1, 0.15) is 31.7 Å². The van der Waals surface area contributed by atoms with Gasteiger partial charge in [0.25, 0.3) is 0 Å². The van der Waals surface area contributed by atoms with Gasteiger partial charge in [0, 0.05) is 32.2 Å². The summed E-state index contributed by atoms with van der Waals surface area (Å²) in [7, 11) is 0.00828. The fraction of sp³-hybridized carbons (Fsp3) is 0.471. The van der Waals surface area contributed by atoms with Gasteiger partial charge in [-0.25, -0.2) is 17.7 Å². The second-order valence-electron chi connectivity index (χ2n) is 6.09. The molecule has 7 heteroatoms. The average molecular weight is 368 g/mol. The molecule has 0 fully saturated rings. The topological polar surface area (TPSA) is 55.2 Å². The average Bonchev–Trinajstić information content (AvgIpc) is 2.99. The van der Waals surface area contributed by atoms with Gasteiger partial charge in [0.2, 0.25) is 10.0 Å². The predicted octanol–water partition coefficient (Wildman–Crippen LogP) is 3.37. The highest BCUT2D eigenvalue weighted by atomic mass is 32.2. The molecule has 0 N–H and O–H groups in total. The van der Waals surface area contributed by atoms with E-state index >= 15 is 0 Å². The molecule has 0 aliphatic heterocycles. The minimum Gasteiger partial charge on any atom is -0.295 e. The molecule has 0 spiro atoms. The van der Waals surface area contributed by atoms with Gasteiger partial charge in [-0.1, -0.05) is 43.8 Å². The summed E-state index contributed by atoms with van der Waals surface area (Å²) in [5.74, 6) is 1.30. The first-order chi connectivity index (χ1) is 11.3. The summed E-state index contributed by atoms with van der Waals surface area (Å²) in [4.78, 5) is 4.43. The molecule has 1 heterocycles. The summed E-state index contributed by atoms with van der Waals surface area (Å²) in [5, 5.41) is 0.894. The Kier molecular flexibility index (Phi) is 6.48. The summed E-state index contributed by atoms with van der Waals surface area (Å²) < 4.78 is 27.0. The molecule has 24 heavy (non-hydrogen) atoms. The highest BCUT2D eigenvalue weighted by molar-refractivity contribution is 7.99. The summed E-state index contributed by atoms with van der Waals surface area (Å²) >= 11 is 1.59. The fourth-order valence-electron chi connectivity index (χ4n) is 2.36. The Bertz CT molecular complexity index is 768. The number of rotatable bonds is 8. The van der Waals surface area contributed by atoms with Crippen molar-refractivity contribution in [2.75, 3.05) is 25.6 Å². The normalized spacial score (nSPS) is 12.2. The Morgan fingerprint density at radius 2 is 1.96 bits per heavy atom. The zero-order valence-electron chi connectivity index (χ0n) is 14.6. The molecule has 1 aromatic carbocycles. The molecule has 0 bridgehead atoms. The van der Waals surface area contributed by atoms with Crippen molar-refractivity contribution in [3.8, 4) is 5.69 Å². The number of imidazole rings is 1. The number of hydrogen-bond donors (Lipinski definition) is 0. The van der Waals surface area contributed by atoms with Gasteiger partial charge < -0.3 is 0 Å². The van der Waals surface area contributed by atoms with Crippen LogP contribution in [0.3, 0.4) is 0 Å². The number of thioether (sulfide) groups is 1. The van der Waals surface area contributed by atoms with Crippen molar-refractivity contribution in [2.45, 2.75) is 31.3 Å². The first-order valence-electron chi connectivity index (χ1n) is 7.98. The zero-order chi connectivity index (χ0) is 17.7. The van der Waals surface area contributed by atoms with Crippen LogP contribution in [-0.2, 0) is 10.0 Å². The van der Waals surface area contributed by atoms with Gasteiger partial charge in [-0.15, -0.1) is 0 Å². The minimum atomic E-state index is -3.13. The van der Waals surface area contributed by atoms with E-state index in [4.69, 9.17) is 0 Å². The monoisotopic (exact) mass is 367 g/mol. The standard InChI is InChI=1S/C17H25N3O2S2/c1-14(2)15-8-5-6-9-16(15)20-11-10-18-17(20)23-12-7-13-24(21,22)19(3)4/h5-6,8-11,14H,7,12-13H2,1-4H3. The Morgan fingerprint density at radius 1 is 1.25 bits per heavy atom. The molecule has 5 nitrogen and oxygen atoms in total. The highest BCUT2D eigenvalue weighted by Crippen LogP contribution is 2.27. The quantitative estimate of drug-likeness (QED) is 0.530. The van der Waals surface area contributed by atoms with E-state index in [0.29, 0.717) is 18.1 Å². The van der Waals surface area contributed by atoms with Crippen LogP contribution in [0.2, 0.25) is 0 Å². The van der Waals surface area contributed by atoms with E-state index < -0.39 is 10.0 Å². The SMILES string of the molecule is CC(C)c1ccccc1-n1ccnc1SCCCS(=O)(=O)N(C)C. The Labute approximate surface area is 149 Å². The van der Waals surface area contributed by atoms with Crippen molar-refractivity contribution in [2.24, 2.45) is 0 Å². The van der Waals surface area contributed by atoms with Crippen molar-refractivity contribution in [1.29, 1.82) is 0 Å². The molecule has 0 saturated heterocycles. The first-order valence-corrected chi connectivity index (χ1v) is 10.6. The molecule has 0 unspecified atom stereocenters. The van der Waals surface area contributed by atoms with Crippen LogP contribution in [0, 0.1) is 0 Å². The first kappa shape index (κ1) is 19.0. The number of benzene rings is 1. The zero-order valence-corrected chi connectivity index (χ0v) is 16.3. The number of aromatic nitrogens is 2. The van der Waals surface area contributed by atoms with E-state index in [0.717, 1.165) is 10.8 Å². The van der Waals surface area contributed by atoms with Gasteiger partial charge in [-0.3, -0.25) is 4.57 Å². The predicted molar refractivity (Wildman–Crippen MR) is 100 cm³/mol. The van der Waals surface area contributed by atoms with E-state index in [1.54, 1.807) is 32.1 Å². The van der Waals surface area contributed by atoms with Crippen molar-refractivity contribution in [3.05, 3.63) is 42.2 Å². The lowest BCUT2D eigenvalue weighted by Crippen LogP contribution is -2.25. The highest BCUT2D eigenvalue weighted by Gasteiger charge is 2.14. The van der Waals surface area contributed by atoms with E-state index in [2.05, 4.69) is 41.6 Å². The molecule has 132 valence electrons. The summed E-state index contributed by atoms with van der Waals surface area (Å²) in [6, 6.07) is 8.31. The molecule has 2 rings (SSSR count). The second-order valence-corrected chi connectivity index (χ2v) is 9.46. The Balaban J connectivity index is 2.07. The van der Waals surface area contributed by atoms with Crippen molar-refractivity contribution in [3.63, 3.8) is 0 Å². The van der Waals surface area contributed by atoms with Crippen LogP contribution in [0.15, 0.2) is 41.8 Å². The molecule has 0 aliphatic rings. The maximum Gasteiger partial charge on any atom is 0.213 e. The van der Waals surface area contributed by atoms with Gasteiger partial charge >= 0.3 is 0 Å². The smallest absolute Gasteiger partial charge is 0.213 e. The number of para-hydroxylation sites is 1. The molecule has 2 aromatic rings. The second kappa shape index (κ2) is 8.18. The Morgan fingerprint density at radius 3 is 2.62 bits per heavy atom. The number of sulfonamides is 1. The van der Waals surface area contributed by atoms with E-state index in [9.17, 15) is 8.42 Å². The lowest BCUT2D eigenvalue weighted by Gasteiger charge is -2.15. The fourth-order valence-corrected chi connectivity index (χ4v) is 4.32. The third-order valence-corrected chi connectivity index (χ3v) is 6.73. The van der Waals surface area contributed by atoms with Gasteiger partial charge in [-0.05, 0) is 24.0 Å². The molecule has 0 atom stereocenters. The van der Waals surface area contributed by atoms with Crippen LogP contribution in [0.4, 0.5) is 0 Å². The molecule has 1 aromatic heterocycles.